The molecule has 1 N–H and O–H groups in total. The zero-order chi connectivity index (χ0) is 8.53. The molecular formula is C5H6Cl2N2OS. The van der Waals surface area contributed by atoms with Gasteiger partial charge in [0.2, 0.25) is 9.23 Å². The summed E-state index contributed by atoms with van der Waals surface area (Å²) in [5.74, 6) is 0. The zero-order valence-corrected chi connectivity index (χ0v) is 7.73. The van der Waals surface area contributed by atoms with E-state index in [9.17, 15) is 0 Å². The van der Waals surface area contributed by atoms with Gasteiger partial charge in [0.05, 0.1) is 0 Å². The smallest absolute Gasteiger partial charge is 0.211 e. The molecule has 0 radical (unpaired) electrons. The second kappa shape index (κ2) is 7.78. The van der Waals surface area contributed by atoms with Gasteiger partial charge in [0.25, 0.3) is 0 Å². The first-order valence-corrected chi connectivity index (χ1v) is 5.37. The average Bonchev–Trinajstić information content (AvgIpc) is 2.13. The molecule has 3 nitrogen and oxygen atoms in total. The van der Waals surface area contributed by atoms with E-state index in [2.05, 4.69) is 31.7 Å². The number of hydrogen-bond acceptors (Lipinski definition) is 3. The lowest BCUT2D eigenvalue weighted by Crippen LogP contribution is -1.87. The van der Waals surface area contributed by atoms with Gasteiger partial charge in [-0.2, -0.15) is 0 Å². The Morgan fingerprint density at radius 2 is 2.00 bits per heavy atom. The van der Waals surface area contributed by atoms with Crippen molar-refractivity contribution in [3.63, 3.8) is 0 Å². The van der Waals surface area contributed by atoms with E-state index in [1.165, 1.54) is 0 Å². The topological polar surface area (TPSA) is 41.5 Å². The molecule has 0 aromatic heterocycles. The molecule has 0 saturated heterocycles. The summed E-state index contributed by atoms with van der Waals surface area (Å²) in [6.45, 7) is 0. The van der Waals surface area contributed by atoms with E-state index in [1.807, 2.05) is 12.3 Å². The number of halogens is 2. The minimum Gasteiger partial charge on any atom is -0.366 e. The number of allylic oxidation sites excluding steroid dienone is 1. The number of rotatable bonds is 0. The number of hydrogen-bond donors (Lipinski definition) is 1. The van der Waals surface area contributed by atoms with Gasteiger partial charge in [-0.25, -0.2) is 4.21 Å². The highest BCUT2D eigenvalue weighted by Crippen LogP contribution is 1.89. The van der Waals surface area contributed by atoms with Crippen LogP contribution in [0.1, 0.15) is 0 Å². The van der Waals surface area contributed by atoms with Crippen LogP contribution >= 0.6 is 21.4 Å². The van der Waals surface area contributed by atoms with E-state index in [0.29, 0.717) is 0 Å². The normalized spacial score (nSPS) is 13.4. The summed E-state index contributed by atoms with van der Waals surface area (Å²) in [5.41, 5.74) is 0. The molecule has 0 aromatic carbocycles. The van der Waals surface area contributed by atoms with Crippen LogP contribution in [0.3, 0.4) is 0 Å². The van der Waals surface area contributed by atoms with Gasteiger partial charge in [-0.15, -0.1) is 0 Å². The summed E-state index contributed by atoms with van der Waals surface area (Å²) in [5, 5.41) is 2.86. The van der Waals surface area contributed by atoms with Gasteiger partial charge in [0, 0.05) is 46.2 Å². The molecule has 0 aromatic rings. The van der Waals surface area contributed by atoms with Crippen LogP contribution in [0.4, 0.5) is 0 Å². The van der Waals surface area contributed by atoms with Gasteiger partial charge < -0.3 is 5.32 Å². The predicted octanol–water partition coefficient (Wildman–Crippen LogP) is 1.69. The molecule has 0 amide bonds. The fourth-order valence-electron chi connectivity index (χ4n) is 0.340. The molecule has 0 unspecified atom stereocenters. The van der Waals surface area contributed by atoms with Crippen molar-refractivity contribution in [2.24, 2.45) is 4.99 Å². The van der Waals surface area contributed by atoms with Gasteiger partial charge in [-0.3, -0.25) is 4.99 Å². The predicted molar refractivity (Wildman–Crippen MR) is 49.8 cm³/mol. The van der Waals surface area contributed by atoms with E-state index >= 15 is 0 Å². The zero-order valence-electron chi connectivity index (χ0n) is 5.41. The molecule has 1 heterocycles. The first-order chi connectivity index (χ1) is 5.23. The molecule has 1 rings (SSSR count). The summed E-state index contributed by atoms with van der Waals surface area (Å²) < 4.78 is 9.09. The second-order valence-corrected chi connectivity index (χ2v) is 3.85. The van der Waals surface area contributed by atoms with Crippen molar-refractivity contribution in [2.45, 2.75) is 0 Å². The standard InChI is InChI=1S/C5H6N2.Cl2OS/c1-2-6-4-5-7-3-1;1-4(2)3/h1-6H;. The van der Waals surface area contributed by atoms with Crippen LogP contribution in [0.5, 0.6) is 0 Å². The minimum absolute atomic E-state index is 1.67. The molecule has 0 atom stereocenters. The maximum Gasteiger partial charge on any atom is 0.211 e. The van der Waals surface area contributed by atoms with Gasteiger partial charge in [-0.1, -0.05) is 0 Å². The Hall–Kier alpha value is -0.320. The van der Waals surface area contributed by atoms with Crippen molar-refractivity contribution < 1.29 is 4.21 Å². The lowest BCUT2D eigenvalue weighted by Gasteiger charge is -1.78. The van der Waals surface area contributed by atoms with Crippen molar-refractivity contribution >= 4 is 36.8 Å². The SMILES string of the molecule is C1=CNC=CN=C1.O=S(Cl)Cl. The van der Waals surface area contributed by atoms with Crippen LogP contribution in [0.15, 0.2) is 29.7 Å². The van der Waals surface area contributed by atoms with Gasteiger partial charge in [0.15, 0.2) is 0 Å². The minimum atomic E-state index is -1.67. The highest BCUT2D eigenvalue weighted by Gasteiger charge is 1.68. The largest absolute Gasteiger partial charge is 0.366 e. The first kappa shape index (κ1) is 10.7. The lowest BCUT2D eigenvalue weighted by molar-refractivity contribution is 0.698. The van der Waals surface area contributed by atoms with Crippen molar-refractivity contribution in [3.8, 4) is 0 Å². The summed E-state index contributed by atoms with van der Waals surface area (Å²) in [4.78, 5) is 3.82. The van der Waals surface area contributed by atoms with E-state index < -0.39 is 9.23 Å². The monoisotopic (exact) mass is 212 g/mol. The Labute approximate surface area is 76.3 Å². The molecule has 1 aliphatic rings. The summed E-state index contributed by atoms with van der Waals surface area (Å²) in [6, 6.07) is 0. The molecule has 0 saturated carbocycles. The molecule has 11 heavy (non-hydrogen) atoms. The van der Waals surface area contributed by atoms with Gasteiger partial charge >= 0.3 is 0 Å². The molecule has 62 valence electrons. The Kier molecular flexibility index (Phi) is 7.56. The highest BCUT2D eigenvalue weighted by molar-refractivity contribution is 8.26. The van der Waals surface area contributed by atoms with Gasteiger partial charge in [0.1, 0.15) is 0 Å². The maximum absolute atomic E-state index is 9.09. The Bertz CT molecular complexity index is 185. The van der Waals surface area contributed by atoms with Crippen LogP contribution in [-0.4, -0.2) is 10.4 Å². The third kappa shape index (κ3) is 12.8. The van der Waals surface area contributed by atoms with Gasteiger partial charge in [-0.05, 0) is 6.08 Å². The summed E-state index contributed by atoms with van der Waals surface area (Å²) in [6.07, 6.45) is 8.82. The maximum atomic E-state index is 9.09. The molecule has 0 bridgehead atoms. The Balaban J connectivity index is 0.000000218. The van der Waals surface area contributed by atoms with E-state index in [4.69, 9.17) is 4.21 Å². The fourth-order valence-corrected chi connectivity index (χ4v) is 0.340. The number of nitrogens with one attached hydrogen (secondary N) is 1. The highest BCUT2D eigenvalue weighted by atomic mass is 36.0. The van der Waals surface area contributed by atoms with Crippen molar-refractivity contribution in [1.29, 1.82) is 0 Å². The molecule has 0 aliphatic carbocycles. The summed E-state index contributed by atoms with van der Waals surface area (Å²) >= 11 is 0. The third-order valence-corrected chi connectivity index (χ3v) is 0.621. The molecule has 1 aliphatic heterocycles. The average molecular weight is 213 g/mol. The Morgan fingerprint density at radius 3 is 2.64 bits per heavy atom. The lowest BCUT2D eigenvalue weighted by atomic mass is 10.7. The summed E-state index contributed by atoms with van der Waals surface area (Å²) in [7, 11) is 7.36. The molecule has 6 heteroatoms. The van der Waals surface area contributed by atoms with Crippen LogP contribution in [-0.2, 0) is 9.23 Å². The van der Waals surface area contributed by atoms with E-state index in [0.717, 1.165) is 0 Å². The first-order valence-electron chi connectivity index (χ1n) is 2.57. The number of aliphatic imine (C=N–C) groups is 1. The fraction of sp³-hybridized carbons (Fsp3) is 0. The molecule has 0 fully saturated rings. The van der Waals surface area contributed by atoms with E-state index in [-0.39, 0.29) is 0 Å². The van der Waals surface area contributed by atoms with E-state index in [1.54, 1.807) is 18.6 Å². The van der Waals surface area contributed by atoms with Crippen LogP contribution in [0.2, 0.25) is 0 Å². The van der Waals surface area contributed by atoms with Crippen LogP contribution in [0, 0.1) is 0 Å². The van der Waals surface area contributed by atoms with Crippen molar-refractivity contribution in [1.82, 2.24) is 5.32 Å². The molecular weight excluding hydrogens is 207 g/mol. The van der Waals surface area contributed by atoms with Crippen molar-refractivity contribution in [3.05, 3.63) is 24.7 Å². The quantitative estimate of drug-likeness (QED) is 0.622. The van der Waals surface area contributed by atoms with Crippen LogP contribution in [0.25, 0.3) is 0 Å². The third-order valence-electron chi connectivity index (χ3n) is 0.621. The second-order valence-electron chi connectivity index (χ2n) is 1.32. The molecule has 0 spiro atoms. The Morgan fingerprint density at radius 1 is 1.36 bits per heavy atom. The van der Waals surface area contributed by atoms with Crippen LogP contribution < -0.4 is 5.32 Å². The number of nitrogens with zero attached hydrogens (tertiary/aromatic N) is 1. The van der Waals surface area contributed by atoms with Crippen molar-refractivity contribution in [2.75, 3.05) is 0 Å².